The first-order chi connectivity index (χ1) is 14.0. The zero-order valence-electron chi connectivity index (χ0n) is 16.8. The van der Waals surface area contributed by atoms with Crippen LogP contribution in [0.4, 0.5) is 4.79 Å². The molecule has 2 heterocycles. The maximum atomic E-state index is 10.6. The van der Waals surface area contributed by atoms with Crippen molar-refractivity contribution in [2.24, 2.45) is 11.1 Å². The van der Waals surface area contributed by atoms with Gasteiger partial charge in [0.25, 0.3) is 0 Å². The van der Waals surface area contributed by atoms with Crippen LogP contribution >= 0.6 is 0 Å². The molecule has 1 fully saturated rings. The number of rotatable bonds is 9. The van der Waals surface area contributed by atoms with E-state index in [1.54, 1.807) is 0 Å². The van der Waals surface area contributed by atoms with Gasteiger partial charge < -0.3 is 28.6 Å². The number of para-hydroxylation sites is 1. The molecule has 0 bridgehead atoms. The minimum absolute atomic E-state index is 0.231. The van der Waals surface area contributed by atoms with Crippen LogP contribution in [-0.4, -0.2) is 42.8 Å². The number of hydrogen-bond donors (Lipinski definition) is 1. The molecular weight excluding hydrogens is 378 g/mol. The van der Waals surface area contributed by atoms with Crippen molar-refractivity contribution >= 4 is 22.8 Å². The summed E-state index contributed by atoms with van der Waals surface area (Å²) in [5.41, 5.74) is 1.55. The van der Waals surface area contributed by atoms with E-state index in [1.165, 1.54) is 6.92 Å². The van der Waals surface area contributed by atoms with Crippen LogP contribution in [0, 0.1) is 5.92 Å². The van der Waals surface area contributed by atoms with Gasteiger partial charge in [-0.2, -0.15) is 0 Å². The van der Waals surface area contributed by atoms with E-state index in [2.05, 4.69) is 9.89 Å². The molecule has 2 aromatic rings. The van der Waals surface area contributed by atoms with Crippen molar-refractivity contribution in [2.75, 3.05) is 19.8 Å². The van der Waals surface area contributed by atoms with Gasteiger partial charge in [-0.25, -0.2) is 4.79 Å². The molecule has 3 rings (SSSR count). The molecule has 0 saturated carbocycles. The molecule has 158 valence electrons. The summed E-state index contributed by atoms with van der Waals surface area (Å²) in [5, 5.41) is 13.8. The van der Waals surface area contributed by atoms with Crippen LogP contribution in [0.2, 0.25) is 0 Å². The van der Waals surface area contributed by atoms with Crippen molar-refractivity contribution in [1.82, 2.24) is 0 Å². The monoisotopic (exact) mass is 405 g/mol. The van der Waals surface area contributed by atoms with E-state index >= 15 is 0 Å². The molecule has 0 radical (unpaired) electrons. The Balaban J connectivity index is 1.28. The third-order valence-electron chi connectivity index (χ3n) is 4.77. The van der Waals surface area contributed by atoms with Gasteiger partial charge in [-0.15, -0.1) is 0 Å². The molecule has 1 aliphatic rings. The number of hydrogen-bond acceptors (Lipinski definition) is 7. The number of nitrogens with zero attached hydrogens (tertiary/aromatic N) is 1. The van der Waals surface area contributed by atoms with Crippen molar-refractivity contribution < 1.29 is 33.4 Å². The number of ether oxygens (including phenoxy) is 3. The molecule has 8 nitrogen and oxygen atoms in total. The van der Waals surface area contributed by atoms with Gasteiger partial charge in [0.1, 0.15) is 17.9 Å². The van der Waals surface area contributed by atoms with Gasteiger partial charge in [0.05, 0.1) is 13.2 Å². The summed E-state index contributed by atoms with van der Waals surface area (Å²) in [7, 11) is 0. The third kappa shape index (κ3) is 6.20. The van der Waals surface area contributed by atoms with Crippen molar-refractivity contribution in [3.63, 3.8) is 0 Å². The van der Waals surface area contributed by atoms with Crippen LogP contribution in [0.15, 0.2) is 39.9 Å². The Morgan fingerprint density at radius 2 is 2.00 bits per heavy atom. The highest BCUT2D eigenvalue weighted by atomic mass is 16.9. The van der Waals surface area contributed by atoms with E-state index in [1.807, 2.05) is 37.3 Å². The van der Waals surface area contributed by atoms with E-state index in [9.17, 15) is 4.79 Å². The highest BCUT2D eigenvalue weighted by Gasteiger charge is 2.36. The molecule has 0 spiro atoms. The Labute approximate surface area is 169 Å². The number of unbranched alkanes of at least 4 members (excludes halogenated alkanes) is 2. The Hall–Kier alpha value is -2.58. The van der Waals surface area contributed by atoms with Crippen LogP contribution in [-0.2, 0) is 19.0 Å². The highest BCUT2D eigenvalue weighted by molar-refractivity contribution is 5.99. The highest BCUT2D eigenvalue weighted by Crippen LogP contribution is 2.25. The Morgan fingerprint density at radius 1 is 1.24 bits per heavy atom. The Kier molecular flexibility index (Phi) is 7.11. The molecule has 8 heteroatoms. The lowest BCUT2D eigenvalue weighted by molar-refractivity contribution is -0.379. The number of benzene rings is 1. The van der Waals surface area contributed by atoms with Gasteiger partial charge in [-0.1, -0.05) is 29.8 Å². The summed E-state index contributed by atoms with van der Waals surface area (Å²) < 4.78 is 21.2. The van der Waals surface area contributed by atoms with Crippen molar-refractivity contribution in [1.29, 1.82) is 0 Å². The normalized spacial score (nSPS) is 22.6. The maximum Gasteiger partial charge on any atom is 0.510 e. The average Bonchev–Trinajstić information content (AvgIpc) is 3.12. The molecule has 0 aliphatic carbocycles. The van der Waals surface area contributed by atoms with Crippen LogP contribution in [0.1, 0.15) is 45.3 Å². The molecular formula is C21H27NO7. The Morgan fingerprint density at radius 3 is 2.72 bits per heavy atom. The summed E-state index contributed by atoms with van der Waals surface area (Å²) in [6.45, 7) is 4.70. The van der Waals surface area contributed by atoms with Crippen molar-refractivity contribution in [3.8, 4) is 0 Å². The topological polar surface area (TPSA) is 99.7 Å². The summed E-state index contributed by atoms with van der Waals surface area (Å²) >= 11 is 0. The lowest BCUT2D eigenvalue weighted by Crippen LogP contribution is -2.45. The maximum absolute atomic E-state index is 10.6. The van der Waals surface area contributed by atoms with Crippen molar-refractivity contribution in [3.05, 3.63) is 36.1 Å². The van der Waals surface area contributed by atoms with Gasteiger partial charge in [0.15, 0.2) is 5.76 Å². The van der Waals surface area contributed by atoms with Gasteiger partial charge >= 0.3 is 12.1 Å². The second kappa shape index (κ2) is 9.76. The zero-order valence-corrected chi connectivity index (χ0v) is 16.8. The molecule has 1 aromatic carbocycles. The Bertz CT molecular complexity index is 803. The number of carboxylic acid groups (broad SMARTS) is 1. The lowest BCUT2D eigenvalue weighted by atomic mass is 10.0. The summed E-state index contributed by atoms with van der Waals surface area (Å²) in [4.78, 5) is 16.0. The first-order valence-corrected chi connectivity index (χ1v) is 9.80. The summed E-state index contributed by atoms with van der Waals surface area (Å²) in [6.07, 6.45) is 2.42. The summed E-state index contributed by atoms with van der Waals surface area (Å²) in [6, 6.07) is 9.79. The van der Waals surface area contributed by atoms with E-state index in [-0.39, 0.29) is 5.92 Å². The predicted molar refractivity (Wildman–Crippen MR) is 106 cm³/mol. The predicted octanol–water partition coefficient (Wildman–Crippen LogP) is 4.77. The molecule has 0 atom stereocenters. The quantitative estimate of drug-likeness (QED) is 0.278. The van der Waals surface area contributed by atoms with Crippen molar-refractivity contribution in [2.45, 2.75) is 45.5 Å². The smallest absolute Gasteiger partial charge is 0.455 e. The van der Waals surface area contributed by atoms with E-state index in [0.717, 1.165) is 36.7 Å². The molecule has 1 aliphatic heterocycles. The van der Waals surface area contributed by atoms with E-state index in [0.29, 0.717) is 31.3 Å². The average molecular weight is 405 g/mol. The van der Waals surface area contributed by atoms with E-state index in [4.69, 9.17) is 23.8 Å². The fourth-order valence-corrected chi connectivity index (χ4v) is 3.14. The van der Waals surface area contributed by atoms with Crippen LogP contribution in [0.25, 0.3) is 11.0 Å². The van der Waals surface area contributed by atoms with E-state index < -0.39 is 12.1 Å². The van der Waals surface area contributed by atoms with Gasteiger partial charge in [-0.3, -0.25) is 0 Å². The summed E-state index contributed by atoms with van der Waals surface area (Å²) in [5.74, 6) is -0.552. The fourth-order valence-electron chi connectivity index (χ4n) is 3.14. The molecule has 29 heavy (non-hydrogen) atoms. The van der Waals surface area contributed by atoms with Crippen LogP contribution in [0.5, 0.6) is 0 Å². The zero-order chi connectivity index (χ0) is 20.7. The first-order valence-electron chi connectivity index (χ1n) is 9.80. The number of carbonyl (C=O) groups is 1. The third-order valence-corrected chi connectivity index (χ3v) is 4.77. The van der Waals surface area contributed by atoms with Gasteiger partial charge in [-0.05, 0) is 38.3 Å². The second-order valence-corrected chi connectivity index (χ2v) is 7.23. The lowest BCUT2D eigenvalue weighted by Gasteiger charge is -2.35. The number of furan rings is 1. The van der Waals surface area contributed by atoms with Gasteiger partial charge in [0.2, 0.25) is 0 Å². The first kappa shape index (κ1) is 21.1. The van der Waals surface area contributed by atoms with Crippen LogP contribution in [0.3, 0.4) is 0 Å². The molecule has 1 N–H and O–H groups in total. The number of oxime groups is 1. The molecule has 1 saturated heterocycles. The minimum Gasteiger partial charge on any atom is -0.455 e. The van der Waals surface area contributed by atoms with Crippen LogP contribution < -0.4 is 0 Å². The molecule has 0 amide bonds. The molecule has 0 unspecified atom stereocenters. The SMILES string of the molecule is CC(=NOCCCCCC1COC(C)(OC(=O)O)OC1)c1cc2ccccc2o1. The largest absolute Gasteiger partial charge is 0.510 e. The fraction of sp³-hybridized carbons (Fsp3) is 0.524. The molecule has 1 aromatic heterocycles. The van der Waals surface area contributed by atoms with Gasteiger partial charge in [0, 0.05) is 18.2 Å². The second-order valence-electron chi connectivity index (χ2n) is 7.23. The minimum atomic E-state index is -1.49. The number of fused-ring (bicyclic) bond motifs is 1. The standard InChI is InChI=1S/C21H27NO7/c1-15(19-12-17-9-5-6-10-18(17)28-19)22-27-11-7-3-4-8-16-13-25-21(2,26-14-16)29-20(23)24/h5-6,9-10,12,16H,3-4,7-8,11,13-14H2,1-2H3,(H,23,24).